The molecule has 0 aromatic heterocycles. The van der Waals surface area contributed by atoms with E-state index in [1.54, 1.807) is 6.07 Å². The molecular weight excluding hydrogens is 415 g/mol. The fourth-order valence-electron chi connectivity index (χ4n) is 5.63. The number of likely N-dealkylation sites (N-methyl/N-ethyl adjacent to an activating group) is 1. The standard InChI is InChI=1S/C24H33FN2O5/c1-16-12-24(15-30-14-22(29)26-24)21(27(16)2)13-32-18-8-6-17(7-9-18)19-4-3-5-20(25)23(19)31-11-10-28/h3-5,10,16-18,21H,6-9,11-15H2,1-2H3,(H,26,29). The van der Waals surface area contributed by atoms with Gasteiger partial charge in [0, 0.05) is 11.6 Å². The molecule has 1 spiro atoms. The average Bonchev–Trinajstić information content (AvgIpc) is 3.00. The molecule has 2 heterocycles. The van der Waals surface area contributed by atoms with Crippen LogP contribution in [0.15, 0.2) is 18.2 Å². The van der Waals surface area contributed by atoms with Gasteiger partial charge in [0.1, 0.15) is 13.2 Å². The third kappa shape index (κ3) is 4.67. The molecule has 3 fully saturated rings. The monoisotopic (exact) mass is 448 g/mol. The predicted octanol–water partition coefficient (Wildman–Crippen LogP) is 2.42. The zero-order valence-corrected chi connectivity index (χ0v) is 18.8. The average molecular weight is 449 g/mol. The molecule has 7 nitrogen and oxygen atoms in total. The quantitative estimate of drug-likeness (QED) is 0.646. The van der Waals surface area contributed by atoms with Crippen LogP contribution in [0, 0.1) is 5.82 Å². The molecule has 1 aromatic rings. The Morgan fingerprint density at radius 1 is 1.31 bits per heavy atom. The number of amides is 1. The van der Waals surface area contributed by atoms with Crippen molar-refractivity contribution < 1.29 is 28.2 Å². The summed E-state index contributed by atoms with van der Waals surface area (Å²) in [6, 6.07) is 5.34. The van der Waals surface area contributed by atoms with Crippen LogP contribution in [0.3, 0.4) is 0 Å². The van der Waals surface area contributed by atoms with Crippen LogP contribution in [0.25, 0.3) is 0 Å². The molecule has 32 heavy (non-hydrogen) atoms. The number of carbonyl (C=O) groups is 2. The number of aldehydes is 1. The van der Waals surface area contributed by atoms with E-state index >= 15 is 0 Å². The zero-order chi connectivity index (χ0) is 22.7. The molecule has 1 N–H and O–H groups in total. The Labute approximate surface area is 188 Å². The summed E-state index contributed by atoms with van der Waals surface area (Å²) in [4.78, 5) is 25.0. The molecule has 8 heteroatoms. The van der Waals surface area contributed by atoms with Crippen LogP contribution in [0.5, 0.6) is 5.75 Å². The van der Waals surface area contributed by atoms with Gasteiger partial charge in [-0.05, 0) is 58.1 Å². The first-order chi connectivity index (χ1) is 15.4. The third-order valence-electron chi connectivity index (χ3n) is 7.36. The van der Waals surface area contributed by atoms with Gasteiger partial charge in [0.2, 0.25) is 5.91 Å². The van der Waals surface area contributed by atoms with Crippen LogP contribution in [0.4, 0.5) is 4.39 Å². The second-order valence-corrected chi connectivity index (χ2v) is 9.37. The summed E-state index contributed by atoms with van der Waals surface area (Å²) < 4.78 is 31.6. The van der Waals surface area contributed by atoms with E-state index in [9.17, 15) is 14.0 Å². The molecule has 1 saturated carbocycles. The van der Waals surface area contributed by atoms with Crippen molar-refractivity contribution in [2.45, 2.75) is 68.7 Å². The number of carbonyl (C=O) groups excluding carboxylic acids is 2. The molecule has 3 atom stereocenters. The Balaban J connectivity index is 1.35. The molecule has 2 aliphatic heterocycles. The van der Waals surface area contributed by atoms with Crippen molar-refractivity contribution in [2.24, 2.45) is 0 Å². The first kappa shape index (κ1) is 23.1. The van der Waals surface area contributed by atoms with Gasteiger partial charge < -0.3 is 19.5 Å². The predicted molar refractivity (Wildman–Crippen MR) is 116 cm³/mol. The molecular formula is C24H33FN2O5. The van der Waals surface area contributed by atoms with Crippen molar-refractivity contribution in [1.82, 2.24) is 10.2 Å². The van der Waals surface area contributed by atoms with E-state index in [1.165, 1.54) is 6.07 Å². The van der Waals surface area contributed by atoms with E-state index in [0.717, 1.165) is 37.7 Å². The van der Waals surface area contributed by atoms with E-state index in [2.05, 4.69) is 24.2 Å². The van der Waals surface area contributed by atoms with Crippen molar-refractivity contribution in [3.8, 4) is 5.75 Å². The number of para-hydroxylation sites is 1. The Kier molecular flexibility index (Phi) is 7.12. The van der Waals surface area contributed by atoms with E-state index in [-0.39, 0.29) is 42.9 Å². The van der Waals surface area contributed by atoms with Crippen LogP contribution in [-0.4, -0.2) is 74.3 Å². The number of halogens is 1. The van der Waals surface area contributed by atoms with Crippen molar-refractivity contribution in [3.05, 3.63) is 29.6 Å². The van der Waals surface area contributed by atoms with E-state index in [4.69, 9.17) is 14.2 Å². The number of nitrogens with zero attached hydrogens (tertiary/aromatic N) is 1. The van der Waals surface area contributed by atoms with Gasteiger partial charge >= 0.3 is 0 Å². The van der Waals surface area contributed by atoms with E-state index in [1.807, 2.05) is 6.07 Å². The number of hydrogen-bond donors (Lipinski definition) is 1. The summed E-state index contributed by atoms with van der Waals surface area (Å²) in [5, 5.41) is 3.19. The van der Waals surface area contributed by atoms with Gasteiger partial charge in [-0.2, -0.15) is 0 Å². The summed E-state index contributed by atoms with van der Waals surface area (Å²) in [7, 11) is 2.08. The van der Waals surface area contributed by atoms with Gasteiger partial charge in [-0.1, -0.05) is 12.1 Å². The Morgan fingerprint density at radius 2 is 2.09 bits per heavy atom. The minimum absolute atomic E-state index is 0.0611. The Hall–Kier alpha value is -2.03. The van der Waals surface area contributed by atoms with E-state index < -0.39 is 11.4 Å². The smallest absolute Gasteiger partial charge is 0.246 e. The summed E-state index contributed by atoms with van der Waals surface area (Å²) in [6.45, 7) is 3.18. The van der Waals surface area contributed by atoms with Gasteiger partial charge in [0.15, 0.2) is 17.9 Å². The maximum absolute atomic E-state index is 14.3. The minimum Gasteiger partial charge on any atom is -0.483 e. The maximum atomic E-state index is 14.3. The number of morpholine rings is 1. The molecule has 1 amide bonds. The van der Waals surface area contributed by atoms with Gasteiger partial charge in [-0.15, -0.1) is 0 Å². The summed E-state index contributed by atoms with van der Waals surface area (Å²) in [5.41, 5.74) is 0.434. The number of ether oxygens (including phenoxy) is 3. The van der Waals surface area contributed by atoms with Crippen LogP contribution >= 0.6 is 0 Å². The number of nitrogens with one attached hydrogen (secondary N) is 1. The fourth-order valence-corrected chi connectivity index (χ4v) is 5.63. The normalized spacial score (nSPS) is 33.3. The highest BCUT2D eigenvalue weighted by atomic mass is 19.1. The number of hydrogen-bond acceptors (Lipinski definition) is 6. The highest BCUT2D eigenvalue weighted by Crippen LogP contribution is 2.40. The lowest BCUT2D eigenvalue weighted by Crippen LogP contribution is -2.64. The zero-order valence-electron chi connectivity index (χ0n) is 18.8. The van der Waals surface area contributed by atoms with Crippen molar-refractivity contribution >= 4 is 12.2 Å². The SMILES string of the molecule is CC1CC2(COCC(=O)N2)C(COC2CCC(c3cccc(F)c3OCC=O)CC2)N1C. The van der Waals surface area contributed by atoms with Crippen LogP contribution in [0.1, 0.15) is 50.5 Å². The van der Waals surface area contributed by atoms with Crippen molar-refractivity contribution in [3.63, 3.8) is 0 Å². The maximum Gasteiger partial charge on any atom is 0.246 e. The Bertz CT molecular complexity index is 829. The lowest BCUT2D eigenvalue weighted by atomic mass is 9.82. The molecule has 3 unspecified atom stereocenters. The second kappa shape index (κ2) is 9.85. The summed E-state index contributed by atoms with van der Waals surface area (Å²) in [6.07, 6.45) is 5.08. The lowest BCUT2D eigenvalue weighted by molar-refractivity contribution is -0.137. The topological polar surface area (TPSA) is 77.1 Å². The van der Waals surface area contributed by atoms with Gasteiger partial charge in [-0.25, -0.2) is 4.39 Å². The minimum atomic E-state index is -0.428. The summed E-state index contributed by atoms with van der Waals surface area (Å²) in [5.74, 6) is -0.116. The highest BCUT2D eigenvalue weighted by Gasteiger charge is 2.52. The van der Waals surface area contributed by atoms with Crippen LogP contribution in [0.2, 0.25) is 0 Å². The second-order valence-electron chi connectivity index (χ2n) is 9.37. The van der Waals surface area contributed by atoms with Gasteiger partial charge in [0.05, 0.1) is 30.9 Å². The van der Waals surface area contributed by atoms with E-state index in [0.29, 0.717) is 25.5 Å². The molecule has 0 bridgehead atoms. The molecule has 4 rings (SSSR count). The number of benzene rings is 1. The molecule has 2 saturated heterocycles. The molecule has 1 aromatic carbocycles. The van der Waals surface area contributed by atoms with Gasteiger partial charge in [-0.3, -0.25) is 14.5 Å². The number of likely N-dealkylation sites (tertiary alicyclic amines) is 1. The first-order valence-electron chi connectivity index (χ1n) is 11.5. The number of rotatable bonds is 7. The third-order valence-corrected chi connectivity index (χ3v) is 7.36. The van der Waals surface area contributed by atoms with Gasteiger partial charge in [0.25, 0.3) is 0 Å². The van der Waals surface area contributed by atoms with Crippen LogP contribution < -0.4 is 10.1 Å². The lowest BCUT2D eigenvalue weighted by Gasteiger charge is -2.41. The first-order valence-corrected chi connectivity index (χ1v) is 11.5. The van der Waals surface area contributed by atoms with Crippen molar-refractivity contribution in [2.75, 3.05) is 33.5 Å². The Morgan fingerprint density at radius 3 is 2.81 bits per heavy atom. The molecule has 0 radical (unpaired) electrons. The highest BCUT2D eigenvalue weighted by molar-refractivity contribution is 5.79. The molecule has 3 aliphatic rings. The fraction of sp³-hybridized carbons (Fsp3) is 0.667. The summed E-state index contributed by atoms with van der Waals surface area (Å²) >= 11 is 0. The van der Waals surface area contributed by atoms with Crippen LogP contribution in [-0.2, 0) is 19.1 Å². The molecule has 1 aliphatic carbocycles. The molecule has 176 valence electrons. The van der Waals surface area contributed by atoms with Crippen molar-refractivity contribution in [1.29, 1.82) is 0 Å². The largest absolute Gasteiger partial charge is 0.483 e.